The van der Waals surface area contributed by atoms with E-state index in [-0.39, 0.29) is 16.6 Å². The maximum atomic E-state index is 4.91. The molecule has 3 heteroatoms. The van der Waals surface area contributed by atoms with Gasteiger partial charge >= 0.3 is 0 Å². The first-order valence-corrected chi connectivity index (χ1v) is 6.11. The lowest BCUT2D eigenvalue weighted by Gasteiger charge is -2.48. The fourth-order valence-corrected chi connectivity index (χ4v) is 2.59. The molecular weight excluding hydrogens is 200 g/mol. The molecule has 0 aromatic rings. The van der Waals surface area contributed by atoms with Crippen LogP contribution in [0.25, 0.3) is 0 Å². The number of hydrogen-bond donors (Lipinski definition) is 1. The molecule has 2 aliphatic heterocycles. The molecule has 16 heavy (non-hydrogen) atoms. The van der Waals surface area contributed by atoms with Crippen LogP contribution in [-0.4, -0.2) is 22.4 Å². The molecule has 1 atom stereocenters. The van der Waals surface area contributed by atoms with Crippen LogP contribution in [0.4, 0.5) is 0 Å². The predicted molar refractivity (Wildman–Crippen MR) is 68.9 cm³/mol. The molecule has 0 aromatic carbocycles. The lowest BCUT2D eigenvalue weighted by molar-refractivity contribution is 0.220. The molecule has 0 bridgehead atoms. The van der Waals surface area contributed by atoms with Crippen LogP contribution in [0.1, 0.15) is 60.3 Å². The smallest absolute Gasteiger partial charge is 0.103 e. The van der Waals surface area contributed by atoms with Crippen molar-refractivity contribution in [3.05, 3.63) is 0 Å². The second-order valence-corrected chi connectivity index (χ2v) is 6.84. The zero-order chi connectivity index (χ0) is 11.3. The Morgan fingerprint density at radius 3 is 2.12 bits per heavy atom. The van der Waals surface area contributed by atoms with Gasteiger partial charge in [-0.2, -0.15) is 0 Å². The van der Waals surface area contributed by atoms with Gasteiger partial charge in [0.05, 0.1) is 5.54 Å². The van der Waals surface area contributed by atoms with Crippen LogP contribution in [0.5, 0.6) is 0 Å². The normalized spacial score (nSPS) is 35.2. The second kappa shape index (κ2) is 3.73. The van der Waals surface area contributed by atoms with Crippen molar-refractivity contribution in [3.63, 3.8) is 0 Å². The molecule has 0 radical (unpaired) electrons. The third kappa shape index (κ3) is 2.40. The number of nitrogens with one attached hydrogen (secondary N) is 1. The van der Waals surface area contributed by atoms with E-state index in [4.69, 9.17) is 4.99 Å². The number of nitrogens with zero attached hydrogens (tertiary/aromatic N) is 1. The van der Waals surface area contributed by atoms with Gasteiger partial charge in [-0.3, -0.25) is 4.99 Å². The Bertz CT molecular complexity index is 307. The van der Waals surface area contributed by atoms with E-state index in [1.165, 1.54) is 31.5 Å². The summed E-state index contributed by atoms with van der Waals surface area (Å²) >= 11 is 0. The maximum Gasteiger partial charge on any atom is 0.103 e. The van der Waals surface area contributed by atoms with Crippen LogP contribution in [-0.2, 0) is 0 Å². The Kier molecular flexibility index (Phi) is 3.14. The summed E-state index contributed by atoms with van der Waals surface area (Å²) in [5, 5.41) is 3.64. The number of aliphatic imine (C=N–C) groups is 1. The number of piperidine rings is 1. The zero-order valence-electron chi connectivity index (χ0n) is 11.3. The van der Waals surface area contributed by atoms with E-state index in [1.807, 2.05) is 0 Å². The van der Waals surface area contributed by atoms with E-state index in [9.17, 15) is 0 Å². The third-order valence-electron chi connectivity index (χ3n) is 4.03. The summed E-state index contributed by atoms with van der Waals surface area (Å²) in [5.74, 6) is 1.26. The molecule has 1 unspecified atom stereocenters. The Morgan fingerprint density at radius 1 is 0.938 bits per heavy atom. The van der Waals surface area contributed by atoms with Gasteiger partial charge in [-0.1, -0.05) is 6.92 Å². The van der Waals surface area contributed by atoms with E-state index in [1.54, 1.807) is 0 Å². The van der Waals surface area contributed by atoms with Crippen LogP contribution in [0, 0.1) is 5.41 Å². The topological polar surface area (TPSA) is 55.9 Å². The van der Waals surface area contributed by atoms with Gasteiger partial charge in [0.15, 0.2) is 0 Å². The second-order valence-electron chi connectivity index (χ2n) is 6.84. The molecule has 3 nitrogen and oxygen atoms in total. The quantitative estimate of drug-likeness (QED) is 0.677. The Labute approximate surface area is 99.0 Å². The molecule has 0 aromatic heterocycles. The molecule has 0 aliphatic carbocycles. The van der Waals surface area contributed by atoms with Gasteiger partial charge in [0, 0.05) is 11.0 Å². The maximum absolute atomic E-state index is 4.91. The van der Waals surface area contributed by atoms with Crippen molar-refractivity contribution in [2.24, 2.45) is 10.4 Å². The number of hydrogen-bond acceptors (Lipinski definition) is 2. The summed E-state index contributed by atoms with van der Waals surface area (Å²) in [4.78, 5) is 4.91. The minimum absolute atomic E-state index is 0. The fraction of sp³-hybridized carbons (Fsp3) is 0.923. The van der Waals surface area contributed by atoms with Crippen molar-refractivity contribution >= 4 is 5.84 Å². The average Bonchev–Trinajstić information content (AvgIpc) is 2.07. The van der Waals surface area contributed by atoms with Crippen LogP contribution in [0.3, 0.4) is 0 Å². The highest BCUT2D eigenvalue weighted by molar-refractivity contribution is 5.90. The van der Waals surface area contributed by atoms with E-state index in [0.717, 1.165) is 0 Å². The van der Waals surface area contributed by atoms with E-state index in [0.29, 0.717) is 5.41 Å². The van der Waals surface area contributed by atoms with E-state index >= 15 is 0 Å². The van der Waals surface area contributed by atoms with E-state index in [2.05, 4.69) is 39.9 Å². The van der Waals surface area contributed by atoms with Crippen LogP contribution in [0.2, 0.25) is 0 Å². The lowest BCUT2D eigenvalue weighted by atomic mass is 9.69. The van der Waals surface area contributed by atoms with Crippen molar-refractivity contribution in [2.45, 2.75) is 71.4 Å². The molecule has 2 heterocycles. The average molecular weight is 226 g/mol. The molecule has 2 rings (SSSR count). The van der Waals surface area contributed by atoms with Crippen LogP contribution >= 0.6 is 0 Å². The van der Waals surface area contributed by atoms with Gasteiger partial charge in [0.25, 0.3) is 0 Å². The first-order chi connectivity index (χ1) is 6.73. The van der Waals surface area contributed by atoms with Crippen molar-refractivity contribution in [1.82, 2.24) is 5.32 Å². The first kappa shape index (κ1) is 13.5. The SMILES string of the molecule is CC1(C)CCC2(C)CCC(C)(C)NC2=N1.O. The monoisotopic (exact) mass is 226 g/mol. The third-order valence-corrected chi connectivity index (χ3v) is 4.03. The molecule has 1 saturated heterocycles. The molecule has 94 valence electrons. The number of fused-ring (bicyclic) bond motifs is 1. The van der Waals surface area contributed by atoms with Gasteiger partial charge in [-0.15, -0.1) is 0 Å². The first-order valence-electron chi connectivity index (χ1n) is 6.11. The molecule has 0 amide bonds. The van der Waals surface area contributed by atoms with Gasteiger partial charge < -0.3 is 10.8 Å². The highest BCUT2D eigenvalue weighted by Crippen LogP contribution is 2.43. The highest BCUT2D eigenvalue weighted by Gasteiger charge is 2.43. The Hall–Kier alpha value is -0.570. The van der Waals surface area contributed by atoms with Gasteiger partial charge in [-0.25, -0.2) is 0 Å². The summed E-state index contributed by atoms with van der Waals surface area (Å²) in [7, 11) is 0. The Balaban J connectivity index is 0.00000128. The van der Waals surface area contributed by atoms with Crippen molar-refractivity contribution in [2.75, 3.05) is 0 Å². The molecule has 2 aliphatic rings. The minimum Gasteiger partial charge on any atom is -0.412 e. The van der Waals surface area contributed by atoms with Crippen molar-refractivity contribution < 1.29 is 5.48 Å². The minimum atomic E-state index is 0. The molecule has 1 fully saturated rings. The van der Waals surface area contributed by atoms with Gasteiger partial charge in [-0.05, 0) is 53.4 Å². The van der Waals surface area contributed by atoms with Crippen LogP contribution < -0.4 is 5.32 Å². The van der Waals surface area contributed by atoms with E-state index < -0.39 is 0 Å². The number of rotatable bonds is 0. The molecular formula is C13H26N2O. The molecule has 0 saturated carbocycles. The largest absolute Gasteiger partial charge is 0.412 e. The summed E-state index contributed by atoms with van der Waals surface area (Å²) in [6.07, 6.45) is 5.03. The summed E-state index contributed by atoms with van der Waals surface area (Å²) in [5.41, 5.74) is 0.687. The lowest BCUT2D eigenvalue weighted by Crippen LogP contribution is -2.57. The number of amidine groups is 1. The summed E-state index contributed by atoms with van der Waals surface area (Å²) < 4.78 is 0. The predicted octanol–water partition coefficient (Wildman–Crippen LogP) is 2.30. The standard InChI is InChI=1S/C13H24N2.H2O/c1-11(2)6-8-13(5)9-7-12(3,4)15-10(13)14-11;/h6-9H2,1-5H3,(H,14,15);1H2. The summed E-state index contributed by atoms with van der Waals surface area (Å²) in [6.45, 7) is 11.4. The van der Waals surface area contributed by atoms with Crippen molar-refractivity contribution in [3.8, 4) is 0 Å². The molecule has 0 spiro atoms. The zero-order valence-corrected chi connectivity index (χ0v) is 11.3. The van der Waals surface area contributed by atoms with Crippen molar-refractivity contribution in [1.29, 1.82) is 0 Å². The fourth-order valence-electron chi connectivity index (χ4n) is 2.59. The van der Waals surface area contributed by atoms with Crippen LogP contribution in [0.15, 0.2) is 4.99 Å². The molecule has 3 N–H and O–H groups in total. The van der Waals surface area contributed by atoms with Gasteiger partial charge in [0.1, 0.15) is 5.84 Å². The highest BCUT2D eigenvalue weighted by atomic mass is 16.0. The Morgan fingerprint density at radius 2 is 1.50 bits per heavy atom. The van der Waals surface area contributed by atoms with Gasteiger partial charge in [0.2, 0.25) is 0 Å². The summed E-state index contributed by atoms with van der Waals surface area (Å²) in [6, 6.07) is 0.